The van der Waals surface area contributed by atoms with E-state index in [9.17, 15) is 5.11 Å². The van der Waals surface area contributed by atoms with Crippen LogP contribution in [-0.2, 0) is 4.74 Å². The quantitative estimate of drug-likeness (QED) is 0.802. The summed E-state index contributed by atoms with van der Waals surface area (Å²) in [4.78, 5) is 0. The Bertz CT molecular complexity index is 552. The van der Waals surface area contributed by atoms with Gasteiger partial charge < -0.3 is 9.84 Å². The molecule has 0 radical (unpaired) electrons. The van der Waals surface area contributed by atoms with Crippen molar-refractivity contribution in [2.45, 2.75) is 52.1 Å². The Kier molecular flexibility index (Phi) is 5.46. The molecule has 0 bridgehead atoms. The Morgan fingerprint density at radius 3 is 2.79 bits per heavy atom. The van der Waals surface area contributed by atoms with Crippen molar-refractivity contribution in [3.63, 3.8) is 0 Å². The maximum atomic E-state index is 10.4. The second-order valence-electron chi connectivity index (χ2n) is 8.22. The fraction of sp³-hybridized carbons (Fsp3) is 0.636. The van der Waals surface area contributed by atoms with Crippen LogP contribution >= 0.6 is 0 Å². The highest BCUT2D eigenvalue weighted by molar-refractivity contribution is 5.63. The van der Waals surface area contributed by atoms with Crippen LogP contribution in [0.2, 0.25) is 0 Å². The van der Waals surface area contributed by atoms with Gasteiger partial charge in [-0.3, -0.25) is 0 Å². The van der Waals surface area contributed by atoms with Crippen LogP contribution in [-0.4, -0.2) is 24.4 Å². The van der Waals surface area contributed by atoms with Crippen molar-refractivity contribution in [2.24, 2.45) is 23.2 Å². The van der Waals surface area contributed by atoms with E-state index in [0.29, 0.717) is 29.8 Å². The predicted octanol–water partition coefficient (Wildman–Crippen LogP) is 4.93. The van der Waals surface area contributed by atoms with Gasteiger partial charge in [0, 0.05) is 6.61 Å². The Morgan fingerprint density at radius 2 is 2.04 bits per heavy atom. The molecule has 0 heterocycles. The van der Waals surface area contributed by atoms with Gasteiger partial charge in [0.2, 0.25) is 0 Å². The summed E-state index contributed by atoms with van der Waals surface area (Å²) in [5.74, 6) is 1.70. The molecule has 0 aliphatic heterocycles. The summed E-state index contributed by atoms with van der Waals surface area (Å²) in [6, 6.07) is 10.3. The van der Waals surface area contributed by atoms with Crippen LogP contribution < -0.4 is 0 Å². The van der Waals surface area contributed by atoms with Gasteiger partial charge in [-0.05, 0) is 60.0 Å². The fourth-order valence-corrected chi connectivity index (χ4v) is 5.37. The van der Waals surface area contributed by atoms with Crippen molar-refractivity contribution in [3.05, 3.63) is 42.5 Å². The number of benzene rings is 1. The average Bonchev–Trinajstić information content (AvgIpc) is 2.94. The number of ether oxygens (including phenoxy) is 1. The lowest BCUT2D eigenvalue weighted by Gasteiger charge is -2.45. The second-order valence-corrected chi connectivity index (χ2v) is 8.22. The molecular formula is C22H32O2. The molecule has 1 aromatic carbocycles. The van der Waals surface area contributed by atoms with Crippen LogP contribution in [0.1, 0.15) is 51.5 Å². The lowest BCUT2D eigenvalue weighted by atomic mass is 9.62. The standard InChI is InChI=1S/C22H32O2/c1-16(18-8-5-4-6-9-18)14-24-15-17(2)19-11-12-20-21(23)10-7-13-22(19,20)3/h4-6,8-9,17,19-21,23H,1,7,10-15H2,2-3H3/t17-,19-,20+,21+,22-/m1/s1. The molecule has 0 aromatic heterocycles. The highest BCUT2D eigenvalue weighted by atomic mass is 16.5. The Hall–Kier alpha value is -1.12. The van der Waals surface area contributed by atoms with Crippen LogP contribution in [0.4, 0.5) is 0 Å². The van der Waals surface area contributed by atoms with Gasteiger partial charge in [-0.25, -0.2) is 0 Å². The van der Waals surface area contributed by atoms with Gasteiger partial charge in [-0.15, -0.1) is 0 Å². The van der Waals surface area contributed by atoms with E-state index in [0.717, 1.165) is 24.2 Å². The summed E-state index contributed by atoms with van der Waals surface area (Å²) in [6.07, 6.45) is 5.77. The third kappa shape index (κ3) is 3.45. The highest BCUT2D eigenvalue weighted by Gasteiger charge is 2.52. The van der Waals surface area contributed by atoms with Crippen molar-refractivity contribution in [3.8, 4) is 0 Å². The van der Waals surface area contributed by atoms with E-state index >= 15 is 0 Å². The van der Waals surface area contributed by atoms with Crippen LogP contribution in [0.5, 0.6) is 0 Å². The third-order valence-electron chi connectivity index (χ3n) is 6.69. The smallest absolute Gasteiger partial charge is 0.0717 e. The zero-order chi connectivity index (χ0) is 17.2. The first-order valence-electron chi connectivity index (χ1n) is 9.51. The number of fused-ring (bicyclic) bond motifs is 1. The first-order chi connectivity index (χ1) is 11.5. The SMILES string of the molecule is C=C(COC[C@@H](C)[C@H]1CC[C@H]2[C@@H](O)CCC[C@]12C)c1ccccc1. The Labute approximate surface area is 146 Å². The van der Waals surface area contributed by atoms with E-state index in [1.54, 1.807) is 0 Å². The highest BCUT2D eigenvalue weighted by Crippen LogP contribution is 2.57. The predicted molar refractivity (Wildman–Crippen MR) is 99.6 cm³/mol. The molecular weight excluding hydrogens is 296 g/mol. The van der Waals surface area contributed by atoms with E-state index in [1.165, 1.54) is 25.7 Å². The topological polar surface area (TPSA) is 29.5 Å². The largest absolute Gasteiger partial charge is 0.393 e. The average molecular weight is 328 g/mol. The molecule has 2 saturated carbocycles. The van der Waals surface area contributed by atoms with Crippen molar-refractivity contribution >= 4 is 5.57 Å². The van der Waals surface area contributed by atoms with E-state index in [4.69, 9.17) is 4.74 Å². The summed E-state index contributed by atoms with van der Waals surface area (Å²) in [7, 11) is 0. The van der Waals surface area contributed by atoms with Gasteiger partial charge in [0.25, 0.3) is 0 Å². The van der Waals surface area contributed by atoms with E-state index < -0.39 is 0 Å². The van der Waals surface area contributed by atoms with Crippen LogP contribution in [0.25, 0.3) is 5.57 Å². The molecule has 5 atom stereocenters. The minimum absolute atomic E-state index is 0.0836. The number of hydrogen-bond acceptors (Lipinski definition) is 2. The Morgan fingerprint density at radius 1 is 1.29 bits per heavy atom. The Balaban J connectivity index is 1.52. The molecule has 0 spiro atoms. The first-order valence-corrected chi connectivity index (χ1v) is 9.51. The van der Waals surface area contributed by atoms with Gasteiger partial charge in [0.1, 0.15) is 0 Å². The molecule has 0 saturated heterocycles. The zero-order valence-electron chi connectivity index (χ0n) is 15.2. The van der Waals surface area contributed by atoms with Crippen LogP contribution in [0.3, 0.4) is 0 Å². The molecule has 2 heteroatoms. The lowest BCUT2D eigenvalue weighted by molar-refractivity contribution is -0.0358. The summed E-state index contributed by atoms with van der Waals surface area (Å²) in [5.41, 5.74) is 2.51. The van der Waals surface area contributed by atoms with Gasteiger partial charge >= 0.3 is 0 Å². The monoisotopic (exact) mass is 328 g/mol. The van der Waals surface area contributed by atoms with Gasteiger partial charge in [0.15, 0.2) is 0 Å². The minimum Gasteiger partial charge on any atom is -0.393 e. The molecule has 1 N–H and O–H groups in total. The van der Waals surface area contributed by atoms with Crippen LogP contribution in [0, 0.1) is 23.2 Å². The van der Waals surface area contributed by atoms with Crippen molar-refractivity contribution in [1.82, 2.24) is 0 Å². The number of rotatable bonds is 6. The summed E-state index contributed by atoms with van der Waals surface area (Å²) < 4.78 is 6.01. The number of aliphatic hydroxyl groups excluding tert-OH is 1. The van der Waals surface area contributed by atoms with Crippen molar-refractivity contribution in [2.75, 3.05) is 13.2 Å². The van der Waals surface area contributed by atoms with Gasteiger partial charge in [-0.1, -0.05) is 57.2 Å². The molecule has 3 rings (SSSR count). The van der Waals surface area contributed by atoms with E-state index in [-0.39, 0.29) is 6.10 Å². The first kappa shape index (κ1) is 17.7. The third-order valence-corrected chi connectivity index (χ3v) is 6.69. The number of hydrogen-bond donors (Lipinski definition) is 1. The number of aliphatic hydroxyl groups is 1. The molecule has 0 amide bonds. The van der Waals surface area contributed by atoms with Crippen molar-refractivity contribution in [1.29, 1.82) is 0 Å². The summed E-state index contributed by atoms with van der Waals surface area (Å²) in [5, 5.41) is 10.4. The normalized spacial score (nSPS) is 33.9. The molecule has 2 nitrogen and oxygen atoms in total. The molecule has 24 heavy (non-hydrogen) atoms. The summed E-state index contributed by atoms with van der Waals surface area (Å²) in [6.45, 7) is 10.3. The van der Waals surface area contributed by atoms with Crippen LogP contribution in [0.15, 0.2) is 36.9 Å². The molecule has 1 aromatic rings. The zero-order valence-corrected chi connectivity index (χ0v) is 15.2. The molecule has 2 aliphatic carbocycles. The van der Waals surface area contributed by atoms with Gasteiger partial charge in [0.05, 0.1) is 12.7 Å². The minimum atomic E-state index is -0.0836. The van der Waals surface area contributed by atoms with Crippen molar-refractivity contribution < 1.29 is 9.84 Å². The molecule has 2 aliphatic rings. The second kappa shape index (κ2) is 7.41. The van der Waals surface area contributed by atoms with Gasteiger partial charge in [-0.2, -0.15) is 0 Å². The summed E-state index contributed by atoms with van der Waals surface area (Å²) >= 11 is 0. The van der Waals surface area contributed by atoms with E-state index in [1.807, 2.05) is 18.2 Å². The molecule has 0 unspecified atom stereocenters. The molecule has 132 valence electrons. The maximum absolute atomic E-state index is 10.4. The fourth-order valence-electron chi connectivity index (χ4n) is 5.37. The molecule has 2 fully saturated rings. The maximum Gasteiger partial charge on any atom is 0.0717 e. The lowest BCUT2D eigenvalue weighted by Crippen LogP contribution is -2.42. The van der Waals surface area contributed by atoms with E-state index in [2.05, 4.69) is 32.6 Å².